The first-order chi connectivity index (χ1) is 12.6. The third-order valence-corrected chi connectivity index (χ3v) is 5.38. The maximum absolute atomic E-state index is 11.1. The third-order valence-electron chi connectivity index (χ3n) is 5.38. The molecule has 1 N–H and O–H groups in total. The Bertz CT molecular complexity index is 783. The normalized spacial score (nSPS) is 24.1. The minimum absolute atomic E-state index is 0.0876. The number of nitrogens with zero attached hydrogens (tertiary/aromatic N) is 4. The van der Waals surface area contributed by atoms with Crippen molar-refractivity contribution in [2.24, 2.45) is 5.92 Å². The van der Waals surface area contributed by atoms with Crippen LogP contribution in [0.25, 0.3) is 5.82 Å². The van der Waals surface area contributed by atoms with Gasteiger partial charge in [0.25, 0.3) is 0 Å². The molecule has 0 amide bonds. The molecule has 2 fully saturated rings. The summed E-state index contributed by atoms with van der Waals surface area (Å²) >= 11 is 0. The summed E-state index contributed by atoms with van der Waals surface area (Å²) in [5.41, 5.74) is 1.11. The van der Waals surface area contributed by atoms with E-state index in [0.29, 0.717) is 12.3 Å². The second-order valence-corrected chi connectivity index (χ2v) is 7.22. The van der Waals surface area contributed by atoms with E-state index in [9.17, 15) is 4.79 Å². The van der Waals surface area contributed by atoms with Crippen LogP contribution in [0.1, 0.15) is 31.2 Å². The molecule has 2 aliphatic rings. The molecule has 138 valence electrons. The van der Waals surface area contributed by atoms with Crippen LogP contribution in [0.15, 0.2) is 30.6 Å². The fourth-order valence-electron chi connectivity index (χ4n) is 3.95. The maximum Gasteiger partial charge on any atom is 0.332 e. The van der Waals surface area contributed by atoms with Crippen molar-refractivity contribution in [1.82, 2.24) is 14.8 Å². The van der Waals surface area contributed by atoms with Crippen molar-refractivity contribution in [3.63, 3.8) is 0 Å². The van der Waals surface area contributed by atoms with Gasteiger partial charge in [0.1, 0.15) is 5.82 Å². The first-order valence-corrected chi connectivity index (χ1v) is 9.22. The van der Waals surface area contributed by atoms with E-state index in [2.05, 4.69) is 10.00 Å². The molecule has 0 aliphatic carbocycles. The maximum atomic E-state index is 11.1. The molecule has 0 unspecified atom stereocenters. The zero-order valence-corrected chi connectivity index (χ0v) is 14.9. The van der Waals surface area contributed by atoms with Crippen molar-refractivity contribution in [2.75, 3.05) is 18.0 Å². The van der Waals surface area contributed by atoms with E-state index in [1.807, 2.05) is 37.5 Å². The van der Waals surface area contributed by atoms with Gasteiger partial charge in [0, 0.05) is 19.3 Å². The fraction of sp³-hybridized carbons (Fsp3) is 0.526. The molecular weight excluding hydrogens is 332 g/mol. The third kappa shape index (κ3) is 3.44. The highest BCUT2D eigenvalue weighted by Crippen LogP contribution is 2.33. The van der Waals surface area contributed by atoms with Crippen LogP contribution in [0.5, 0.6) is 0 Å². The van der Waals surface area contributed by atoms with Crippen molar-refractivity contribution < 1.29 is 14.6 Å². The predicted octanol–water partition coefficient (Wildman–Crippen LogP) is 2.42. The highest BCUT2D eigenvalue weighted by Gasteiger charge is 2.36. The Morgan fingerprint density at radius 2 is 1.96 bits per heavy atom. The van der Waals surface area contributed by atoms with Gasteiger partial charge in [0.05, 0.1) is 12.3 Å². The van der Waals surface area contributed by atoms with E-state index in [1.165, 1.54) is 0 Å². The number of hydrogen-bond acceptors (Lipinski definition) is 5. The summed E-state index contributed by atoms with van der Waals surface area (Å²) in [5.74, 6) is 1.39. The number of aliphatic carboxylic acids is 1. The molecular formula is C19H24N4O3. The lowest BCUT2D eigenvalue weighted by molar-refractivity contribution is -0.150. The molecule has 7 heteroatoms. The largest absolute Gasteiger partial charge is 0.479 e. The van der Waals surface area contributed by atoms with Gasteiger partial charge >= 0.3 is 5.97 Å². The molecule has 2 atom stereocenters. The number of aromatic nitrogens is 3. The van der Waals surface area contributed by atoms with Crippen LogP contribution in [0.2, 0.25) is 0 Å². The number of carboxylic acid groups (broad SMARTS) is 1. The van der Waals surface area contributed by atoms with Gasteiger partial charge in [-0.2, -0.15) is 5.10 Å². The van der Waals surface area contributed by atoms with E-state index in [4.69, 9.17) is 14.8 Å². The summed E-state index contributed by atoms with van der Waals surface area (Å²) in [5, 5.41) is 13.4. The topological polar surface area (TPSA) is 80.5 Å². The number of carbonyl (C=O) groups is 1. The number of aryl methyl sites for hydroxylation is 1. The average molecular weight is 356 g/mol. The number of anilines is 1. The number of piperidine rings is 1. The predicted molar refractivity (Wildman–Crippen MR) is 96.6 cm³/mol. The Morgan fingerprint density at radius 3 is 2.62 bits per heavy atom. The zero-order chi connectivity index (χ0) is 18.1. The summed E-state index contributed by atoms with van der Waals surface area (Å²) in [4.78, 5) is 18.1. The molecule has 0 saturated carbocycles. The lowest BCUT2D eigenvalue weighted by Gasteiger charge is -2.35. The minimum atomic E-state index is -0.834. The second-order valence-electron chi connectivity index (χ2n) is 7.22. The van der Waals surface area contributed by atoms with Crippen molar-refractivity contribution >= 4 is 11.8 Å². The molecule has 0 bridgehead atoms. The average Bonchev–Trinajstić information content (AvgIpc) is 3.31. The molecule has 7 nitrogen and oxygen atoms in total. The van der Waals surface area contributed by atoms with E-state index >= 15 is 0 Å². The van der Waals surface area contributed by atoms with Crippen LogP contribution in [-0.4, -0.2) is 51.1 Å². The van der Waals surface area contributed by atoms with Gasteiger partial charge < -0.3 is 14.7 Å². The van der Waals surface area contributed by atoms with Crippen LogP contribution in [-0.2, 0) is 9.53 Å². The smallest absolute Gasteiger partial charge is 0.332 e. The highest BCUT2D eigenvalue weighted by atomic mass is 16.5. The van der Waals surface area contributed by atoms with Crippen molar-refractivity contribution in [1.29, 1.82) is 0 Å². The summed E-state index contributed by atoms with van der Waals surface area (Å²) in [6.45, 7) is 3.84. The molecule has 4 rings (SSSR count). The standard InChI is InChI=1S/C19H24N4O3/c1-13-11-20-23(12-13)18-4-2-3-17(21-18)22-9-7-14(8-10-22)15-5-6-16(26-15)19(24)25/h2-4,11-12,14-16H,5-10H2,1H3,(H,24,25)/t15-,16+/m0/s1. The Kier molecular flexibility index (Phi) is 4.63. The minimum Gasteiger partial charge on any atom is -0.479 e. The van der Waals surface area contributed by atoms with Crippen molar-refractivity contribution in [3.05, 3.63) is 36.2 Å². The van der Waals surface area contributed by atoms with E-state index in [-0.39, 0.29) is 6.10 Å². The van der Waals surface area contributed by atoms with Gasteiger partial charge in [-0.25, -0.2) is 14.5 Å². The van der Waals surface area contributed by atoms with Gasteiger partial charge in [-0.05, 0) is 56.2 Å². The Balaban J connectivity index is 1.39. The summed E-state index contributed by atoms with van der Waals surface area (Å²) in [6.07, 6.45) is 6.76. The Hall–Kier alpha value is -2.41. The number of pyridine rings is 1. The monoisotopic (exact) mass is 356 g/mol. The molecule has 2 aromatic heterocycles. The number of rotatable bonds is 4. The first kappa shape index (κ1) is 17.0. The first-order valence-electron chi connectivity index (χ1n) is 9.22. The molecule has 0 radical (unpaired) electrons. The SMILES string of the molecule is Cc1cnn(-c2cccc(N3CCC([C@@H]4CC[C@H](C(=O)O)O4)CC3)n2)c1. The van der Waals surface area contributed by atoms with Crippen LogP contribution in [0, 0.1) is 12.8 Å². The molecule has 4 heterocycles. The van der Waals surface area contributed by atoms with E-state index in [1.54, 1.807) is 4.68 Å². The van der Waals surface area contributed by atoms with Crippen molar-refractivity contribution in [3.8, 4) is 5.82 Å². The summed E-state index contributed by atoms with van der Waals surface area (Å²) in [6, 6.07) is 6.01. The van der Waals surface area contributed by atoms with Crippen LogP contribution in [0.3, 0.4) is 0 Å². The molecule has 2 saturated heterocycles. The van der Waals surface area contributed by atoms with Gasteiger partial charge in [0.2, 0.25) is 0 Å². The van der Waals surface area contributed by atoms with Crippen LogP contribution >= 0.6 is 0 Å². The second kappa shape index (κ2) is 7.07. The Labute approximate surface area is 152 Å². The van der Waals surface area contributed by atoms with Crippen LogP contribution in [0.4, 0.5) is 5.82 Å². The molecule has 0 spiro atoms. The highest BCUT2D eigenvalue weighted by molar-refractivity contribution is 5.72. The van der Waals surface area contributed by atoms with E-state index in [0.717, 1.165) is 49.6 Å². The zero-order valence-electron chi connectivity index (χ0n) is 14.9. The van der Waals surface area contributed by atoms with Gasteiger partial charge in [-0.15, -0.1) is 0 Å². The van der Waals surface area contributed by atoms with Crippen LogP contribution < -0.4 is 4.90 Å². The van der Waals surface area contributed by atoms with E-state index < -0.39 is 12.1 Å². The molecule has 2 aromatic rings. The number of hydrogen-bond donors (Lipinski definition) is 1. The van der Waals surface area contributed by atoms with Crippen molar-refractivity contribution in [2.45, 2.75) is 44.8 Å². The lowest BCUT2D eigenvalue weighted by Crippen LogP contribution is -2.38. The number of ether oxygens (including phenoxy) is 1. The number of carboxylic acids is 1. The molecule has 26 heavy (non-hydrogen) atoms. The summed E-state index contributed by atoms with van der Waals surface area (Å²) < 4.78 is 7.53. The van der Waals surface area contributed by atoms with Gasteiger partial charge in [-0.3, -0.25) is 0 Å². The lowest BCUT2D eigenvalue weighted by atomic mass is 9.90. The Morgan fingerprint density at radius 1 is 1.19 bits per heavy atom. The molecule has 2 aliphatic heterocycles. The summed E-state index contributed by atoms with van der Waals surface area (Å²) in [7, 11) is 0. The van der Waals surface area contributed by atoms with Gasteiger partial charge in [0.15, 0.2) is 11.9 Å². The quantitative estimate of drug-likeness (QED) is 0.906. The fourth-order valence-corrected chi connectivity index (χ4v) is 3.95. The molecule has 0 aromatic carbocycles. The van der Waals surface area contributed by atoms with Gasteiger partial charge in [-0.1, -0.05) is 6.07 Å².